The van der Waals surface area contributed by atoms with E-state index in [0.717, 1.165) is 11.4 Å². The number of amides is 2. The van der Waals surface area contributed by atoms with Crippen LogP contribution in [0.25, 0.3) is 0 Å². The molecule has 3 aromatic rings. The third kappa shape index (κ3) is 5.20. The predicted octanol–water partition coefficient (Wildman–Crippen LogP) is 3.79. The molecule has 0 saturated carbocycles. The Morgan fingerprint density at radius 3 is 1.90 bits per heavy atom. The van der Waals surface area contributed by atoms with Crippen molar-refractivity contribution in [2.45, 2.75) is 0 Å². The molecule has 0 aliphatic heterocycles. The summed E-state index contributed by atoms with van der Waals surface area (Å²) in [5, 5.41) is 8.17. The normalized spacial score (nSPS) is 9.97. The number of nitrogens with one attached hydrogen (secondary N) is 3. The molecular weight excluding hydrogens is 370 g/mol. The summed E-state index contributed by atoms with van der Waals surface area (Å²) in [6, 6.07) is 22.9. The Bertz CT molecular complexity index is 1020. The first-order valence-corrected chi connectivity index (χ1v) is 8.78. The Morgan fingerprint density at radius 1 is 0.655 bits per heavy atom. The fourth-order valence-corrected chi connectivity index (χ4v) is 2.57. The van der Waals surface area contributed by atoms with Crippen LogP contribution in [0.5, 0.6) is 0 Å². The number of carbonyl (C=O) groups excluding carboxylic acids is 3. The standard InChI is InChI=1S/C22H19N3O4/c1-29-22(28)18-9-5-6-10-19(18)25-21(27)20(26)24-17-13-11-16(12-14-17)23-15-7-3-2-4-8-15/h2-14,23H,1H3,(H,24,26)(H,25,27). The fourth-order valence-electron chi connectivity index (χ4n) is 2.57. The Labute approximate surface area is 167 Å². The van der Waals surface area contributed by atoms with Crippen molar-refractivity contribution in [3.63, 3.8) is 0 Å². The maximum Gasteiger partial charge on any atom is 0.339 e. The van der Waals surface area contributed by atoms with E-state index in [4.69, 9.17) is 0 Å². The van der Waals surface area contributed by atoms with Gasteiger partial charge in [0.2, 0.25) is 0 Å². The molecule has 0 aliphatic carbocycles. The summed E-state index contributed by atoms with van der Waals surface area (Å²) in [6.07, 6.45) is 0. The maximum atomic E-state index is 12.2. The van der Waals surface area contributed by atoms with Crippen LogP contribution in [0, 0.1) is 0 Å². The summed E-state index contributed by atoms with van der Waals surface area (Å²) < 4.78 is 4.67. The molecule has 2 amide bonds. The van der Waals surface area contributed by atoms with E-state index in [1.807, 2.05) is 30.3 Å². The van der Waals surface area contributed by atoms with Gasteiger partial charge in [0.1, 0.15) is 0 Å². The van der Waals surface area contributed by atoms with E-state index in [1.165, 1.54) is 19.2 Å². The highest BCUT2D eigenvalue weighted by atomic mass is 16.5. The van der Waals surface area contributed by atoms with Gasteiger partial charge in [-0.2, -0.15) is 0 Å². The van der Waals surface area contributed by atoms with Crippen LogP contribution >= 0.6 is 0 Å². The lowest BCUT2D eigenvalue weighted by molar-refractivity contribution is -0.133. The average molecular weight is 389 g/mol. The molecule has 7 heteroatoms. The molecule has 0 saturated heterocycles. The summed E-state index contributed by atoms with van der Waals surface area (Å²) in [5.74, 6) is -2.36. The van der Waals surface area contributed by atoms with E-state index in [-0.39, 0.29) is 11.3 Å². The van der Waals surface area contributed by atoms with Crippen molar-refractivity contribution in [2.75, 3.05) is 23.1 Å². The minimum atomic E-state index is -0.896. The summed E-state index contributed by atoms with van der Waals surface area (Å²) >= 11 is 0. The van der Waals surface area contributed by atoms with Gasteiger partial charge in [0.15, 0.2) is 0 Å². The topological polar surface area (TPSA) is 96.5 Å². The molecule has 0 unspecified atom stereocenters. The molecule has 0 fully saturated rings. The monoisotopic (exact) mass is 389 g/mol. The number of para-hydroxylation sites is 2. The van der Waals surface area contributed by atoms with E-state index in [9.17, 15) is 14.4 Å². The smallest absolute Gasteiger partial charge is 0.339 e. The van der Waals surface area contributed by atoms with Crippen LogP contribution in [0.1, 0.15) is 10.4 Å². The summed E-state index contributed by atoms with van der Waals surface area (Å²) in [6.45, 7) is 0. The van der Waals surface area contributed by atoms with Gasteiger partial charge in [-0.15, -0.1) is 0 Å². The van der Waals surface area contributed by atoms with Gasteiger partial charge in [0.25, 0.3) is 0 Å². The number of anilines is 4. The third-order valence-electron chi connectivity index (χ3n) is 3.99. The summed E-state index contributed by atoms with van der Waals surface area (Å²) in [5.41, 5.74) is 2.60. The lowest BCUT2D eigenvalue weighted by Gasteiger charge is -2.10. The van der Waals surface area contributed by atoms with E-state index < -0.39 is 17.8 Å². The highest BCUT2D eigenvalue weighted by molar-refractivity contribution is 6.44. The third-order valence-corrected chi connectivity index (χ3v) is 3.99. The Balaban J connectivity index is 1.61. The zero-order valence-corrected chi connectivity index (χ0v) is 15.6. The van der Waals surface area contributed by atoms with Crippen LogP contribution in [0.3, 0.4) is 0 Å². The van der Waals surface area contributed by atoms with Gasteiger partial charge in [-0.25, -0.2) is 4.79 Å². The number of carbonyl (C=O) groups is 3. The van der Waals surface area contributed by atoms with Crippen molar-refractivity contribution in [3.8, 4) is 0 Å². The first kappa shape index (κ1) is 19.6. The van der Waals surface area contributed by atoms with Crippen LogP contribution < -0.4 is 16.0 Å². The van der Waals surface area contributed by atoms with E-state index in [2.05, 4.69) is 20.7 Å². The van der Waals surface area contributed by atoms with Crippen LogP contribution in [-0.4, -0.2) is 24.9 Å². The van der Waals surface area contributed by atoms with Gasteiger partial charge < -0.3 is 20.7 Å². The zero-order valence-electron chi connectivity index (χ0n) is 15.6. The quantitative estimate of drug-likeness (QED) is 0.456. The Kier molecular flexibility index (Phi) is 6.22. The molecule has 146 valence electrons. The Hall–Kier alpha value is -4.13. The fraction of sp³-hybridized carbons (Fsp3) is 0.0455. The minimum Gasteiger partial charge on any atom is -0.465 e. The van der Waals surface area contributed by atoms with Crippen molar-refractivity contribution >= 4 is 40.5 Å². The predicted molar refractivity (Wildman–Crippen MR) is 111 cm³/mol. The first-order valence-electron chi connectivity index (χ1n) is 8.78. The molecule has 0 aromatic heterocycles. The van der Waals surface area contributed by atoms with Crippen LogP contribution in [0.2, 0.25) is 0 Å². The number of hydrogen-bond donors (Lipinski definition) is 3. The number of methoxy groups -OCH3 is 1. The SMILES string of the molecule is COC(=O)c1ccccc1NC(=O)C(=O)Nc1ccc(Nc2ccccc2)cc1. The average Bonchev–Trinajstić information content (AvgIpc) is 2.75. The van der Waals surface area contributed by atoms with Crippen molar-refractivity contribution < 1.29 is 19.1 Å². The van der Waals surface area contributed by atoms with Crippen LogP contribution in [-0.2, 0) is 14.3 Å². The highest BCUT2D eigenvalue weighted by Gasteiger charge is 2.18. The van der Waals surface area contributed by atoms with Crippen LogP contribution in [0.15, 0.2) is 78.9 Å². The highest BCUT2D eigenvalue weighted by Crippen LogP contribution is 2.19. The lowest BCUT2D eigenvalue weighted by Crippen LogP contribution is -2.29. The number of benzene rings is 3. The van der Waals surface area contributed by atoms with Gasteiger partial charge in [0, 0.05) is 17.1 Å². The minimum absolute atomic E-state index is 0.160. The van der Waals surface area contributed by atoms with E-state index >= 15 is 0 Å². The first-order chi connectivity index (χ1) is 14.1. The molecule has 3 rings (SSSR count). The lowest BCUT2D eigenvalue weighted by atomic mass is 10.2. The molecule has 3 aromatic carbocycles. The Morgan fingerprint density at radius 2 is 1.21 bits per heavy atom. The van der Waals surface area contributed by atoms with Gasteiger partial charge in [-0.3, -0.25) is 9.59 Å². The largest absolute Gasteiger partial charge is 0.465 e. The number of ether oxygens (including phenoxy) is 1. The number of hydrogen-bond acceptors (Lipinski definition) is 5. The molecule has 0 atom stereocenters. The molecule has 7 nitrogen and oxygen atoms in total. The molecule has 0 aliphatic rings. The number of rotatable bonds is 5. The van der Waals surface area contributed by atoms with Gasteiger partial charge in [0.05, 0.1) is 18.4 Å². The van der Waals surface area contributed by atoms with Crippen molar-refractivity contribution in [2.24, 2.45) is 0 Å². The van der Waals surface area contributed by atoms with E-state index in [0.29, 0.717) is 5.69 Å². The van der Waals surface area contributed by atoms with Crippen molar-refractivity contribution in [3.05, 3.63) is 84.4 Å². The molecule has 0 radical (unpaired) electrons. The molecule has 3 N–H and O–H groups in total. The van der Waals surface area contributed by atoms with Crippen molar-refractivity contribution in [1.29, 1.82) is 0 Å². The molecule has 0 heterocycles. The second kappa shape index (κ2) is 9.18. The van der Waals surface area contributed by atoms with E-state index in [1.54, 1.807) is 36.4 Å². The number of esters is 1. The van der Waals surface area contributed by atoms with Crippen molar-refractivity contribution in [1.82, 2.24) is 0 Å². The van der Waals surface area contributed by atoms with Crippen LogP contribution in [0.4, 0.5) is 22.7 Å². The second-order valence-corrected chi connectivity index (χ2v) is 6.01. The molecule has 0 spiro atoms. The van der Waals surface area contributed by atoms with Gasteiger partial charge in [-0.05, 0) is 48.5 Å². The zero-order chi connectivity index (χ0) is 20.6. The second-order valence-electron chi connectivity index (χ2n) is 6.01. The summed E-state index contributed by atoms with van der Waals surface area (Å²) in [7, 11) is 1.24. The molecule has 0 bridgehead atoms. The van der Waals surface area contributed by atoms with Gasteiger partial charge >= 0.3 is 17.8 Å². The van der Waals surface area contributed by atoms with Gasteiger partial charge in [-0.1, -0.05) is 30.3 Å². The maximum absolute atomic E-state index is 12.2. The summed E-state index contributed by atoms with van der Waals surface area (Å²) in [4.78, 5) is 36.1. The molecular formula is C22H19N3O4. The molecule has 29 heavy (non-hydrogen) atoms.